The molecule has 0 aliphatic heterocycles. The van der Waals surface area contributed by atoms with E-state index in [0.717, 1.165) is 7.57 Å². The smallest absolute Gasteiger partial charge is 0.305 e. The lowest BCUT2D eigenvalue weighted by molar-refractivity contribution is -0.137. The number of hydrogen-bond acceptors (Lipinski definition) is 3. The number of rotatable bonds is 4. The summed E-state index contributed by atoms with van der Waals surface area (Å²) >= 11 is 7.94. The third-order valence-corrected chi connectivity index (χ3v) is 4.10. The number of hydrogen-bond donors (Lipinski definition) is 2. The Hall–Kier alpha value is -0.400. The van der Waals surface area contributed by atoms with E-state index in [1.165, 1.54) is 11.3 Å². The zero-order valence-corrected chi connectivity index (χ0v) is 12.3. The first-order valence-corrected chi connectivity index (χ1v) is 6.78. The molecule has 0 radical (unpaired) electrons. The molecule has 1 heterocycles. The maximum absolute atomic E-state index is 11.7. The summed E-state index contributed by atoms with van der Waals surface area (Å²) in [4.78, 5) is 22.2. The van der Waals surface area contributed by atoms with Crippen LogP contribution in [0.5, 0.6) is 0 Å². The summed E-state index contributed by atoms with van der Waals surface area (Å²) in [6.07, 6.45) is -0.0886. The fraction of sp³-hybridized carbons (Fsp3) is 0.333. The Morgan fingerprint density at radius 2 is 2.19 bits per heavy atom. The molecule has 1 amide bonds. The molecule has 7 heteroatoms. The van der Waals surface area contributed by atoms with Gasteiger partial charge in [0.15, 0.2) is 0 Å². The zero-order chi connectivity index (χ0) is 12.3. The fourth-order valence-electron chi connectivity index (χ4n) is 1.11. The second kappa shape index (κ2) is 5.79. The van der Waals surface area contributed by atoms with E-state index in [1.54, 1.807) is 13.0 Å². The van der Waals surface area contributed by atoms with Gasteiger partial charge in [-0.25, -0.2) is 0 Å². The monoisotopic (exact) mass is 369 g/mol. The van der Waals surface area contributed by atoms with Gasteiger partial charge in [-0.1, -0.05) is 0 Å². The molecule has 0 spiro atoms. The van der Waals surface area contributed by atoms with Crippen LogP contribution in [0.2, 0.25) is 0 Å². The van der Waals surface area contributed by atoms with Gasteiger partial charge < -0.3 is 10.4 Å². The SMILES string of the molecule is CC(CC(=O)O)NC(=O)c1cc(Br)sc1Br. The molecule has 4 nitrogen and oxygen atoms in total. The van der Waals surface area contributed by atoms with Crippen LogP contribution in [-0.4, -0.2) is 23.0 Å². The van der Waals surface area contributed by atoms with E-state index in [1.807, 2.05) is 0 Å². The lowest BCUT2D eigenvalue weighted by Crippen LogP contribution is -2.34. The van der Waals surface area contributed by atoms with E-state index < -0.39 is 12.0 Å². The summed E-state index contributed by atoms with van der Waals surface area (Å²) in [7, 11) is 0. The van der Waals surface area contributed by atoms with Gasteiger partial charge in [-0.05, 0) is 44.8 Å². The second-order valence-electron chi connectivity index (χ2n) is 3.21. The standard InChI is InChI=1S/C9H9Br2NO3S/c1-4(2-7(13)14)12-9(15)5-3-6(10)16-8(5)11/h3-4H,2H2,1H3,(H,12,15)(H,13,14). The summed E-state index contributed by atoms with van der Waals surface area (Å²) in [5, 5.41) is 11.2. The van der Waals surface area contributed by atoms with Crippen LogP contribution < -0.4 is 5.32 Å². The molecule has 0 bridgehead atoms. The topological polar surface area (TPSA) is 66.4 Å². The Labute approximate surface area is 113 Å². The van der Waals surface area contributed by atoms with Gasteiger partial charge in [0, 0.05) is 6.04 Å². The maximum atomic E-state index is 11.7. The van der Waals surface area contributed by atoms with Gasteiger partial charge in [0.25, 0.3) is 5.91 Å². The summed E-state index contributed by atoms with van der Waals surface area (Å²) in [5.41, 5.74) is 0.508. The van der Waals surface area contributed by atoms with Gasteiger partial charge >= 0.3 is 5.97 Å². The number of carbonyl (C=O) groups excluding carboxylic acids is 1. The molecule has 1 atom stereocenters. The van der Waals surface area contributed by atoms with Crippen LogP contribution in [0.4, 0.5) is 0 Å². The summed E-state index contributed by atoms with van der Waals surface area (Å²) in [6, 6.07) is 1.30. The van der Waals surface area contributed by atoms with E-state index in [9.17, 15) is 9.59 Å². The third-order valence-electron chi connectivity index (χ3n) is 1.76. The predicted octanol–water partition coefficient (Wildman–Crippen LogP) is 2.87. The van der Waals surface area contributed by atoms with Crippen molar-refractivity contribution in [2.45, 2.75) is 19.4 Å². The van der Waals surface area contributed by atoms with Crippen molar-refractivity contribution in [2.24, 2.45) is 0 Å². The Kier molecular flexibility index (Phi) is 4.94. The van der Waals surface area contributed by atoms with Crippen molar-refractivity contribution in [3.63, 3.8) is 0 Å². The van der Waals surface area contributed by atoms with Crippen LogP contribution in [0.3, 0.4) is 0 Å². The predicted molar refractivity (Wildman–Crippen MR) is 68.9 cm³/mol. The number of carbonyl (C=O) groups is 2. The Morgan fingerprint density at radius 3 is 2.62 bits per heavy atom. The summed E-state index contributed by atoms with van der Waals surface area (Å²) in [5.74, 6) is -1.21. The minimum atomic E-state index is -0.932. The molecule has 16 heavy (non-hydrogen) atoms. The molecule has 0 saturated heterocycles. The normalized spacial score (nSPS) is 12.2. The molecule has 0 aliphatic rings. The number of carboxylic acid groups (broad SMARTS) is 1. The number of carboxylic acids is 1. The second-order valence-corrected chi connectivity index (χ2v) is 6.96. The molecule has 0 fully saturated rings. The van der Waals surface area contributed by atoms with Gasteiger partial charge in [-0.15, -0.1) is 11.3 Å². The molecule has 0 saturated carbocycles. The Balaban J connectivity index is 2.65. The Bertz CT molecular complexity index is 419. The maximum Gasteiger partial charge on any atom is 0.305 e. The van der Waals surface area contributed by atoms with Crippen LogP contribution in [0, 0.1) is 0 Å². The van der Waals surface area contributed by atoms with Crippen molar-refractivity contribution in [1.29, 1.82) is 0 Å². The minimum absolute atomic E-state index is 0.0886. The van der Waals surface area contributed by atoms with Crippen molar-refractivity contribution >= 4 is 55.1 Å². The fourth-order valence-corrected chi connectivity index (χ4v) is 3.90. The van der Waals surface area contributed by atoms with Crippen LogP contribution in [0.1, 0.15) is 23.7 Å². The van der Waals surface area contributed by atoms with E-state index >= 15 is 0 Å². The van der Waals surface area contributed by atoms with E-state index in [0.29, 0.717) is 5.56 Å². The summed E-state index contributed by atoms with van der Waals surface area (Å²) < 4.78 is 1.56. The van der Waals surface area contributed by atoms with Gasteiger partial charge in [-0.3, -0.25) is 9.59 Å². The van der Waals surface area contributed by atoms with E-state index in [-0.39, 0.29) is 12.3 Å². The van der Waals surface area contributed by atoms with Gasteiger partial charge in [-0.2, -0.15) is 0 Å². The van der Waals surface area contributed by atoms with Crippen LogP contribution in [0.25, 0.3) is 0 Å². The molecule has 88 valence electrons. The first-order chi connectivity index (χ1) is 7.40. The number of thiophene rings is 1. The molecule has 0 aliphatic carbocycles. The van der Waals surface area contributed by atoms with Crippen LogP contribution >= 0.6 is 43.2 Å². The third kappa shape index (κ3) is 3.88. The summed E-state index contributed by atoms with van der Waals surface area (Å²) in [6.45, 7) is 1.65. The van der Waals surface area contributed by atoms with Crippen molar-refractivity contribution in [1.82, 2.24) is 5.32 Å². The molecular weight excluding hydrogens is 362 g/mol. The highest BCUT2D eigenvalue weighted by atomic mass is 79.9. The molecule has 1 rings (SSSR count). The quantitative estimate of drug-likeness (QED) is 0.856. The van der Waals surface area contributed by atoms with Gasteiger partial charge in [0.2, 0.25) is 0 Å². The Morgan fingerprint density at radius 1 is 1.56 bits per heavy atom. The van der Waals surface area contributed by atoms with Crippen LogP contribution in [0.15, 0.2) is 13.6 Å². The van der Waals surface area contributed by atoms with Crippen molar-refractivity contribution in [3.05, 3.63) is 19.2 Å². The first-order valence-electron chi connectivity index (χ1n) is 4.37. The van der Waals surface area contributed by atoms with E-state index in [4.69, 9.17) is 5.11 Å². The lowest BCUT2D eigenvalue weighted by atomic mass is 10.2. The molecule has 1 aromatic rings. The van der Waals surface area contributed by atoms with Crippen LogP contribution in [-0.2, 0) is 4.79 Å². The average molecular weight is 371 g/mol. The number of aliphatic carboxylic acids is 1. The van der Waals surface area contributed by atoms with Gasteiger partial charge in [0.1, 0.15) is 0 Å². The average Bonchev–Trinajstić information content (AvgIpc) is 2.43. The van der Waals surface area contributed by atoms with E-state index in [2.05, 4.69) is 37.2 Å². The van der Waals surface area contributed by atoms with Gasteiger partial charge in [0.05, 0.1) is 19.6 Å². The molecule has 0 aromatic carbocycles. The highest BCUT2D eigenvalue weighted by Crippen LogP contribution is 2.31. The molecule has 1 aromatic heterocycles. The minimum Gasteiger partial charge on any atom is -0.481 e. The van der Waals surface area contributed by atoms with Crippen molar-refractivity contribution in [2.75, 3.05) is 0 Å². The number of nitrogens with one attached hydrogen (secondary N) is 1. The highest BCUT2D eigenvalue weighted by molar-refractivity contribution is 9.12. The molecule has 2 N–H and O–H groups in total. The largest absolute Gasteiger partial charge is 0.481 e. The lowest BCUT2D eigenvalue weighted by Gasteiger charge is -2.10. The van der Waals surface area contributed by atoms with Crippen molar-refractivity contribution < 1.29 is 14.7 Å². The molecular formula is C9H9Br2NO3S. The zero-order valence-electron chi connectivity index (χ0n) is 8.29. The van der Waals surface area contributed by atoms with Crippen molar-refractivity contribution in [3.8, 4) is 0 Å². The number of amides is 1. The molecule has 1 unspecified atom stereocenters. The first kappa shape index (κ1) is 13.7. The highest BCUT2D eigenvalue weighted by Gasteiger charge is 2.16. The number of halogens is 2.